The molecule has 2 aliphatic carbocycles. The molecule has 0 radical (unpaired) electrons. The van der Waals surface area contributed by atoms with Crippen molar-refractivity contribution >= 4 is 34.1 Å². The molecule has 6 unspecified atom stereocenters. The van der Waals surface area contributed by atoms with E-state index in [1.165, 1.54) is 12.1 Å². The zero-order chi connectivity index (χ0) is 27.7. The minimum Gasteiger partial charge on any atom is -0.744 e. The van der Waals surface area contributed by atoms with Crippen LogP contribution in [0, 0.1) is 46.9 Å². The van der Waals surface area contributed by atoms with Crippen LogP contribution in [0.25, 0.3) is 6.08 Å². The maximum absolute atomic E-state index is 14.4. The van der Waals surface area contributed by atoms with E-state index in [0.29, 0.717) is 0 Å². The van der Waals surface area contributed by atoms with Crippen LogP contribution in [0.2, 0.25) is 0 Å². The highest BCUT2D eigenvalue weighted by Crippen LogP contribution is 2.59. The van der Waals surface area contributed by atoms with Crippen molar-refractivity contribution in [2.45, 2.75) is 23.5 Å². The van der Waals surface area contributed by atoms with Gasteiger partial charge >= 0.3 is 17.9 Å². The molecule has 3 fully saturated rings. The molecule has 1 aliphatic heterocycles. The van der Waals surface area contributed by atoms with Gasteiger partial charge in [0, 0.05) is 11.8 Å². The summed E-state index contributed by atoms with van der Waals surface area (Å²) in [5, 5.41) is 0. The van der Waals surface area contributed by atoms with Crippen molar-refractivity contribution in [3.05, 3.63) is 65.2 Å². The van der Waals surface area contributed by atoms with Gasteiger partial charge in [0.2, 0.25) is 17.4 Å². The number of hydrogen-bond acceptors (Lipinski definition) is 9. The number of carbonyl (C=O) groups is 3. The Kier molecular flexibility index (Phi) is 6.06. The van der Waals surface area contributed by atoms with Gasteiger partial charge in [0.05, 0.1) is 17.4 Å². The van der Waals surface area contributed by atoms with Crippen LogP contribution in [0.1, 0.15) is 22.3 Å². The number of fused-ring (bicyclic) bond motifs is 1. The SMILES string of the molecule is C=Cc1ccc(C(=O)OC2C3CC4C2OC(=O)C4C3C(=O)Oc2c(F)c(F)c(S(=O)(=O)[O-])c(F)c2F)cc1. The lowest BCUT2D eigenvalue weighted by Crippen LogP contribution is -2.44. The summed E-state index contributed by atoms with van der Waals surface area (Å²) < 4.78 is 105. The summed E-state index contributed by atoms with van der Waals surface area (Å²) >= 11 is 0. The molecule has 14 heteroatoms. The average molecular weight is 555 g/mol. The number of carbonyl (C=O) groups excluding carboxylic acids is 3. The van der Waals surface area contributed by atoms with Crippen LogP contribution in [0.5, 0.6) is 5.75 Å². The van der Waals surface area contributed by atoms with Crippen molar-refractivity contribution in [1.82, 2.24) is 0 Å². The fraction of sp³-hybridized carbons (Fsp3) is 0.292. The molecule has 2 aromatic carbocycles. The quantitative estimate of drug-likeness (QED) is 0.173. The molecule has 1 heterocycles. The number of ether oxygens (including phenoxy) is 3. The summed E-state index contributed by atoms with van der Waals surface area (Å²) in [6, 6.07) is 6.12. The van der Waals surface area contributed by atoms with Gasteiger partial charge in [-0.15, -0.1) is 0 Å². The molecule has 0 N–H and O–H groups in total. The summed E-state index contributed by atoms with van der Waals surface area (Å²) in [7, 11) is -5.97. The second kappa shape index (κ2) is 8.91. The zero-order valence-corrected chi connectivity index (χ0v) is 19.7. The Hall–Kier alpha value is -3.78. The normalized spacial score (nSPS) is 27.2. The highest BCUT2D eigenvalue weighted by Gasteiger charge is 2.70. The smallest absolute Gasteiger partial charge is 0.338 e. The van der Waals surface area contributed by atoms with Gasteiger partial charge in [0.15, 0.2) is 11.6 Å². The van der Waals surface area contributed by atoms with Crippen molar-refractivity contribution in [3.63, 3.8) is 0 Å². The minimum absolute atomic E-state index is 0.134. The van der Waals surface area contributed by atoms with Crippen LogP contribution >= 0.6 is 0 Å². The first kappa shape index (κ1) is 25.9. The van der Waals surface area contributed by atoms with Crippen molar-refractivity contribution < 1.29 is 59.1 Å². The van der Waals surface area contributed by atoms with E-state index in [1.54, 1.807) is 18.2 Å². The highest BCUT2D eigenvalue weighted by atomic mass is 32.2. The second-order valence-corrected chi connectivity index (χ2v) is 10.3. The molecule has 38 heavy (non-hydrogen) atoms. The van der Waals surface area contributed by atoms with Crippen LogP contribution < -0.4 is 4.74 Å². The Labute approximate surface area is 211 Å². The largest absolute Gasteiger partial charge is 0.744 e. The van der Waals surface area contributed by atoms with E-state index < -0.39 is 97.8 Å². The molecule has 5 rings (SSSR count). The molecule has 0 spiro atoms. The Morgan fingerprint density at radius 2 is 1.63 bits per heavy atom. The Balaban J connectivity index is 1.43. The first-order valence-corrected chi connectivity index (χ1v) is 12.4. The monoisotopic (exact) mass is 555 g/mol. The molecule has 9 nitrogen and oxygen atoms in total. The van der Waals surface area contributed by atoms with E-state index in [0.717, 1.165) is 5.56 Å². The van der Waals surface area contributed by atoms with Gasteiger partial charge in [-0.3, -0.25) is 9.59 Å². The maximum Gasteiger partial charge on any atom is 0.338 e. The van der Waals surface area contributed by atoms with Crippen LogP contribution in [-0.2, 0) is 29.2 Å². The van der Waals surface area contributed by atoms with Crippen LogP contribution in [0.4, 0.5) is 17.6 Å². The van der Waals surface area contributed by atoms with E-state index in [9.17, 15) is 44.9 Å². The summed E-state index contributed by atoms with van der Waals surface area (Å²) in [4.78, 5) is 35.8. The molecule has 2 saturated carbocycles. The van der Waals surface area contributed by atoms with E-state index >= 15 is 0 Å². The standard InChI is InChI=1S/C24H16F4O9S/c1-2-8-3-5-9(6-4-8)22(29)35-18-10-7-11-12(23(30)36-19(11)18)13(10)24(31)37-20-14(25)16(27)21(38(32,33)34)17(28)15(20)26/h2-6,10-13,18-19H,1,7H2,(H,32,33,34)/p-1. The lowest BCUT2D eigenvalue weighted by Gasteiger charge is -2.30. The maximum atomic E-state index is 14.4. The van der Waals surface area contributed by atoms with E-state index in [-0.39, 0.29) is 12.0 Å². The summed E-state index contributed by atoms with van der Waals surface area (Å²) in [5.74, 6) is -19.3. The first-order chi connectivity index (χ1) is 17.8. The van der Waals surface area contributed by atoms with E-state index in [1.807, 2.05) is 0 Å². The van der Waals surface area contributed by atoms with Crippen molar-refractivity contribution in [2.75, 3.05) is 0 Å². The Morgan fingerprint density at radius 3 is 2.18 bits per heavy atom. The van der Waals surface area contributed by atoms with Gasteiger partial charge in [-0.05, 0) is 24.1 Å². The second-order valence-electron chi connectivity index (χ2n) is 9.00. The molecule has 3 aliphatic rings. The van der Waals surface area contributed by atoms with Crippen LogP contribution in [0.3, 0.4) is 0 Å². The third-order valence-electron chi connectivity index (χ3n) is 7.08. The van der Waals surface area contributed by atoms with E-state index in [4.69, 9.17) is 9.47 Å². The first-order valence-electron chi connectivity index (χ1n) is 11.0. The minimum atomic E-state index is -5.97. The molecular formula is C24H15F4O9S-. The number of hydrogen-bond donors (Lipinski definition) is 0. The topological polar surface area (TPSA) is 136 Å². The average Bonchev–Trinajstić information content (AvgIpc) is 3.48. The summed E-state index contributed by atoms with van der Waals surface area (Å²) in [5.41, 5.74) is 0.868. The van der Waals surface area contributed by atoms with Gasteiger partial charge in [-0.25, -0.2) is 22.0 Å². The molecular weight excluding hydrogens is 540 g/mol. The van der Waals surface area contributed by atoms with Gasteiger partial charge in [-0.1, -0.05) is 24.8 Å². The molecule has 1 saturated heterocycles. The Bertz CT molecular complexity index is 1480. The van der Waals surface area contributed by atoms with Crippen molar-refractivity contribution in [1.29, 1.82) is 0 Å². The van der Waals surface area contributed by atoms with Crippen molar-refractivity contribution in [3.8, 4) is 5.75 Å². The summed E-state index contributed by atoms with van der Waals surface area (Å²) in [6.07, 6.45) is -0.337. The third kappa shape index (κ3) is 3.86. The summed E-state index contributed by atoms with van der Waals surface area (Å²) in [6.45, 7) is 3.60. The molecule has 0 aromatic heterocycles. The van der Waals surface area contributed by atoms with Crippen molar-refractivity contribution in [2.24, 2.45) is 23.7 Å². The van der Waals surface area contributed by atoms with Gasteiger partial charge < -0.3 is 18.8 Å². The molecule has 6 atom stereocenters. The molecule has 0 amide bonds. The van der Waals surface area contributed by atoms with Gasteiger partial charge in [-0.2, -0.15) is 8.78 Å². The fourth-order valence-corrected chi connectivity index (χ4v) is 6.10. The number of rotatable bonds is 6. The number of halogens is 4. The number of benzene rings is 2. The lowest BCUT2D eigenvalue weighted by molar-refractivity contribution is -0.150. The highest BCUT2D eigenvalue weighted by molar-refractivity contribution is 7.85. The lowest BCUT2D eigenvalue weighted by atomic mass is 9.78. The predicted octanol–water partition coefficient (Wildman–Crippen LogP) is 2.73. The third-order valence-corrected chi connectivity index (χ3v) is 7.94. The van der Waals surface area contributed by atoms with Gasteiger partial charge in [0.1, 0.15) is 27.2 Å². The number of esters is 3. The zero-order valence-electron chi connectivity index (χ0n) is 18.9. The molecule has 2 bridgehead atoms. The predicted molar refractivity (Wildman–Crippen MR) is 114 cm³/mol. The molecule has 2 aromatic rings. The molecule has 200 valence electrons. The van der Waals surface area contributed by atoms with Crippen LogP contribution in [0.15, 0.2) is 35.7 Å². The van der Waals surface area contributed by atoms with Crippen LogP contribution in [-0.4, -0.2) is 43.1 Å². The van der Waals surface area contributed by atoms with Gasteiger partial charge in [0.25, 0.3) is 0 Å². The Morgan fingerprint density at radius 1 is 1.03 bits per heavy atom. The van der Waals surface area contributed by atoms with E-state index in [2.05, 4.69) is 11.3 Å². The fourth-order valence-electron chi connectivity index (χ4n) is 5.48.